The second-order valence-corrected chi connectivity index (χ2v) is 3.51. The van der Waals surface area contributed by atoms with Gasteiger partial charge >= 0.3 is 0 Å². The lowest BCUT2D eigenvalue weighted by molar-refractivity contribution is 0.162. The molecule has 0 aromatic heterocycles. The summed E-state index contributed by atoms with van der Waals surface area (Å²) in [6, 6.07) is 0. The van der Waals surface area contributed by atoms with E-state index >= 15 is 0 Å². The monoisotopic (exact) mass is 141 g/mol. The maximum atomic E-state index is 5.33. The molecule has 1 N–H and O–H groups in total. The summed E-state index contributed by atoms with van der Waals surface area (Å²) < 4.78 is 5.33. The molecule has 2 nitrogen and oxygen atoms in total. The van der Waals surface area contributed by atoms with E-state index in [1.54, 1.807) is 0 Å². The van der Waals surface area contributed by atoms with E-state index in [4.69, 9.17) is 4.74 Å². The lowest BCUT2D eigenvalue weighted by Gasteiger charge is -2.31. The van der Waals surface area contributed by atoms with E-state index < -0.39 is 0 Å². The van der Waals surface area contributed by atoms with Crippen LogP contribution in [-0.4, -0.2) is 18.9 Å². The summed E-state index contributed by atoms with van der Waals surface area (Å²) >= 11 is 0. The fraction of sp³-hybridized carbons (Fsp3) is 1.00. The van der Waals surface area contributed by atoms with Gasteiger partial charge in [0, 0.05) is 5.54 Å². The molecule has 1 saturated heterocycles. The Hall–Kier alpha value is -0.0800. The summed E-state index contributed by atoms with van der Waals surface area (Å²) in [4.78, 5) is 0. The Bertz CT molecular complexity index is 110. The van der Waals surface area contributed by atoms with Crippen molar-refractivity contribution in [3.8, 4) is 0 Å². The standard InChI is InChI=1S/C8H15NO/c1-2-4-8(5-3-1)6-10-7-9-8/h9H,1-7H2. The molecule has 10 heavy (non-hydrogen) atoms. The summed E-state index contributed by atoms with van der Waals surface area (Å²) in [6.07, 6.45) is 6.84. The van der Waals surface area contributed by atoms with Crippen LogP contribution in [0.15, 0.2) is 0 Å². The fourth-order valence-electron chi connectivity index (χ4n) is 2.05. The van der Waals surface area contributed by atoms with Gasteiger partial charge in [-0.05, 0) is 12.8 Å². The van der Waals surface area contributed by atoms with Crippen LogP contribution in [0.3, 0.4) is 0 Å². The van der Waals surface area contributed by atoms with Gasteiger partial charge in [0.25, 0.3) is 0 Å². The van der Waals surface area contributed by atoms with E-state index in [1.165, 1.54) is 32.1 Å². The average Bonchev–Trinajstić information content (AvgIpc) is 2.39. The number of hydrogen-bond donors (Lipinski definition) is 1. The zero-order valence-electron chi connectivity index (χ0n) is 6.36. The Morgan fingerprint density at radius 3 is 2.50 bits per heavy atom. The largest absolute Gasteiger partial charge is 0.364 e. The van der Waals surface area contributed by atoms with Crippen molar-refractivity contribution in [3.05, 3.63) is 0 Å². The van der Waals surface area contributed by atoms with Gasteiger partial charge in [0.05, 0.1) is 13.3 Å². The molecule has 0 atom stereocenters. The summed E-state index contributed by atoms with van der Waals surface area (Å²) in [5.74, 6) is 0. The highest BCUT2D eigenvalue weighted by atomic mass is 16.5. The third kappa shape index (κ3) is 1.06. The first-order chi connectivity index (χ1) is 4.91. The number of hydrogen-bond acceptors (Lipinski definition) is 2. The average molecular weight is 141 g/mol. The second kappa shape index (κ2) is 2.51. The van der Waals surface area contributed by atoms with Gasteiger partial charge in [-0.2, -0.15) is 0 Å². The van der Waals surface area contributed by atoms with E-state index in [0.29, 0.717) is 5.54 Å². The number of ether oxygens (including phenoxy) is 1. The van der Waals surface area contributed by atoms with Crippen molar-refractivity contribution in [1.29, 1.82) is 0 Å². The van der Waals surface area contributed by atoms with Gasteiger partial charge in [0.15, 0.2) is 0 Å². The van der Waals surface area contributed by atoms with E-state index in [2.05, 4.69) is 5.32 Å². The Morgan fingerprint density at radius 2 is 1.90 bits per heavy atom. The van der Waals surface area contributed by atoms with Crippen LogP contribution in [0.4, 0.5) is 0 Å². The van der Waals surface area contributed by atoms with E-state index in [0.717, 1.165) is 13.3 Å². The van der Waals surface area contributed by atoms with Gasteiger partial charge < -0.3 is 4.74 Å². The smallest absolute Gasteiger partial charge is 0.0971 e. The third-order valence-electron chi connectivity index (χ3n) is 2.74. The van der Waals surface area contributed by atoms with Crippen LogP contribution in [0, 0.1) is 0 Å². The molecule has 1 heterocycles. The van der Waals surface area contributed by atoms with Crippen molar-refractivity contribution in [1.82, 2.24) is 5.32 Å². The normalized spacial score (nSPS) is 31.2. The lowest BCUT2D eigenvalue weighted by Crippen LogP contribution is -2.43. The molecule has 58 valence electrons. The van der Waals surface area contributed by atoms with Crippen molar-refractivity contribution >= 4 is 0 Å². The van der Waals surface area contributed by atoms with Crippen molar-refractivity contribution in [3.63, 3.8) is 0 Å². The molecular formula is C8H15NO. The number of rotatable bonds is 0. The summed E-state index contributed by atoms with van der Waals surface area (Å²) in [5.41, 5.74) is 0.401. The first-order valence-corrected chi connectivity index (χ1v) is 4.24. The second-order valence-electron chi connectivity index (χ2n) is 3.51. The zero-order valence-corrected chi connectivity index (χ0v) is 6.36. The highest BCUT2D eigenvalue weighted by Crippen LogP contribution is 2.30. The summed E-state index contributed by atoms with van der Waals surface area (Å²) in [7, 11) is 0. The SMILES string of the molecule is C1CCC2(CC1)COCN2. The van der Waals surface area contributed by atoms with Crippen LogP contribution < -0.4 is 5.32 Å². The molecule has 2 rings (SSSR count). The molecule has 1 saturated carbocycles. The number of nitrogens with one attached hydrogen (secondary N) is 1. The van der Waals surface area contributed by atoms with Gasteiger partial charge in [0.1, 0.15) is 0 Å². The molecule has 0 bridgehead atoms. The van der Waals surface area contributed by atoms with Gasteiger partial charge in [-0.15, -0.1) is 0 Å². The maximum absolute atomic E-state index is 5.33. The molecule has 0 aromatic rings. The quantitative estimate of drug-likeness (QED) is 0.548. The zero-order chi connectivity index (χ0) is 6.86. The molecule has 2 heteroatoms. The van der Waals surface area contributed by atoms with Crippen LogP contribution in [0.25, 0.3) is 0 Å². The molecule has 0 radical (unpaired) electrons. The van der Waals surface area contributed by atoms with Gasteiger partial charge in [-0.25, -0.2) is 0 Å². The van der Waals surface area contributed by atoms with Crippen LogP contribution in [0.2, 0.25) is 0 Å². The van der Waals surface area contributed by atoms with Gasteiger partial charge in [0.2, 0.25) is 0 Å². The van der Waals surface area contributed by atoms with Crippen molar-refractivity contribution in [2.45, 2.75) is 37.6 Å². The molecule has 0 amide bonds. The minimum atomic E-state index is 0.401. The third-order valence-corrected chi connectivity index (χ3v) is 2.74. The van der Waals surface area contributed by atoms with Crippen LogP contribution in [0.5, 0.6) is 0 Å². The van der Waals surface area contributed by atoms with Gasteiger partial charge in [-0.1, -0.05) is 19.3 Å². The lowest BCUT2D eigenvalue weighted by atomic mass is 9.83. The van der Waals surface area contributed by atoms with E-state index in [9.17, 15) is 0 Å². The first kappa shape index (κ1) is 6.62. The molecule has 1 aliphatic carbocycles. The molecule has 1 spiro atoms. The minimum Gasteiger partial charge on any atom is -0.364 e. The molecule has 0 aromatic carbocycles. The summed E-state index contributed by atoms with van der Waals surface area (Å²) in [5, 5.41) is 3.45. The van der Waals surface area contributed by atoms with Crippen LogP contribution >= 0.6 is 0 Å². The fourth-order valence-corrected chi connectivity index (χ4v) is 2.05. The Balaban J connectivity index is 1.98. The molecule has 2 aliphatic rings. The Labute approximate surface area is 61.9 Å². The van der Waals surface area contributed by atoms with Crippen LogP contribution in [-0.2, 0) is 4.74 Å². The Morgan fingerprint density at radius 1 is 1.10 bits per heavy atom. The van der Waals surface area contributed by atoms with Crippen molar-refractivity contribution in [2.24, 2.45) is 0 Å². The Kier molecular flexibility index (Phi) is 1.66. The topological polar surface area (TPSA) is 21.3 Å². The van der Waals surface area contributed by atoms with Crippen molar-refractivity contribution < 1.29 is 4.74 Å². The minimum absolute atomic E-state index is 0.401. The predicted octanol–water partition coefficient (Wildman–Crippen LogP) is 1.27. The van der Waals surface area contributed by atoms with Crippen LogP contribution in [0.1, 0.15) is 32.1 Å². The highest BCUT2D eigenvalue weighted by molar-refractivity contribution is 4.92. The molecular weight excluding hydrogens is 126 g/mol. The highest BCUT2D eigenvalue weighted by Gasteiger charge is 2.34. The summed E-state index contributed by atoms with van der Waals surface area (Å²) in [6.45, 7) is 1.73. The van der Waals surface area contributed by atoms with Crippen molar-refractivity contribution in [2.75, 3.05) is 13.3 Å². The molecule has 1 aliphatic heterocycles. The van der Waals surface area contributed by atoms with E-state index in [1.807, 2.05) is 0 Å². The predicted molar refractivity (Wildman–Crippen MR) is 39.8 cm³/mol. The maximum Gasteiger partial charge on any atom is 0.0971 e. The molecule has 0 unspecified atom stereocenters. The van der Waals surface area contributed by atoms with Gasteiger partial charge in [-0.3, -0.25) is 5.32 Å². The first-order valence-electron chi connectivity index (χ1n) is 4.24. The molecule has 2 fully saturated rings. The van der Waals surface area contributed by atoms with E-state index in [-0.39, 0.29) is 0 Å².